The lowest BCUT2D eigenvalue weighted by atomic mass is 10.2. The van der Waals surface area contributed by atoms with Gasteiger partial charge >= 0.3 is 0 Å². The van der Waals surface area contributed by atoms with E-state index in [2.05, 4.69) is 21.5 Å². The molecule has 0 aromatic carbocycles. The summed E-state index contributed by atoms with van der Waals surface area (Å²) in [6.45, 7) is 4.04. The van der Waals surface area contributed by atoms with E-state index in [1.165, 1.54) is 4.88 Å². The van der Waals surface area contributed by atoms with Crippen molar-refractivity contribution in [2.24, 2.45) is 0 Å². The normalized spacial score (nSPS) is 14.6. The van der Waals surface area contributed by atoms with Crippen LogP contribution in [0.1, 0.15) is 36.0 Å². The summed E-state index contributed by atoms with van der Waals surface area (Å²) in [6.07, 6.45) is 1.78. The van der Waals surface area contributed by atoms with E-state index in [4.69, 9.17) is 23.2 Å². The lowest BCUT2D eigenvalue weighted by Crippen LogP contribution is -2.10. The second-order valence-electron chi connectivity index (χ2n) is 4.62. The van der Waals surface area contributed by atoms with Crippen molar-refractivity contribution in [3.05, 3.63) is 45.5 Å². The molecule has 0 aliphatic heterocycles. The molecule has 0 aliphatic rings. The van der Waals surface area contributed by atoms with Gasteiger partial charge in [-0.3, -0.25) is 0 Å². The Kier molecular flexibility index (Phi) is 3.71. The topological polar surface area (TPSA) is 30.7 Å². The first-order valence-electron chi connectivity index (χ1n) is 6.30. The fraction of sp³-hybridized carbons (Fsp3) is 0.286. The van der Waals surface area contributed by atoms with Crippen molar-refractivity contribution in [1.82, 2.24) is 14.5 Å². The van der Waals surface area contributed by atoms with Crippen LogP contribution in [0.25, 0.3) is 11.2 Å². The number of imidazole rings is 1. The number of alkyl halides is 1. The van der Waals surface area contributed by atoms with Crippen LogP contribution in [0.4, 0.5) is 0 Å². The number of pyridine rings is 1. The summed E-state index contributed by atoms with van der Waals surface area (Å²) in [7, 11) is 0. The highest BCUT2D eigenvalue weighted by Gasteiger charge is 2.21. The second kappa shape index (κ2) is 5.35. The Hall–Kier alpha value is -1.10. The predicted octanol–water partition coefficient (Wildman–Crippen LogP) is 5.06. The Morgan fingerprint density at radius 2 is 2.05 bits per heavy atom. The van der Waals surface area contributed by atoms with Crippen LogP contribution >= 0.6 is 34.5 Å². The fourth-order valence-corrected chi connectivity index (χ4v) is 3.55. The molecule has 0 spiro atoms. The fourth-order valence-electron chi connectivity index (χ4n) is 2.29. The zero-order chi connectivity index (χ0) is 14.3. The number of hydrogen-bond donors (Lipinski definition) is 0. The molecular formula is C14H13Cl2N3S. The van der Waals surface area contributed by atoms with Gasteiger partial charge in [-0.25, -0.2) is 9.97 Å². The maximum Gasteiger partial charge on any atom is 0.160 e. The molecule has 104 valence electrons. The van der Waals surface area contributed by atoms with Crippen molar-refractivity contribution >= 4 is 45.7 Å². The molecule has 0 aliphatic carbocycles. The molecular weight excluding hydrogens is 313 g/mol. The highest BCUT2D eigenvalue weighted by atomic mass is 35.5. The molecule has 3 nitrogen and oxygen atoms in total. The summed E-state index contributed by atoms with van der Waals surface area (Å²) in [5.74, 6) is 0.831. The minimum absolute atomic E-state index is 0.101. The number of hydrogen-bond acceptors (Lipinski definition) is 3. The zero-order valence-electron chi connectivity index (χ0n) is 11.0. The van der Waals surface area contributed by atoms with Crippen LogP contribution in [-0.4, -0.2) is 14.5 Å². The van der Waals surface area contributed by atoms with Crippen LogP contribution in [0.15, 0.2) is 30.5 Å². The molecule has 0 radical (unpaired) electrons. The third-order valence-corrected chi connectivity index (χ3v) is 4.82. The van der Waals surface area contributed by atoms with E-state index in [0.29, 0.717) is 0 Å². The molecule has 3 rings (SSSR count). The summed E-state index contributed by atoms with van der Waals surface area (Å²) in [4.78, 5) is 10.2. The van der Waals surface area contributed by atoms with E-state index in [-0.39, 0.29) is 11.4 Å². The molecule has 0 N–H and O–H groups in total. The number of thiophene rings is 1. The largest absolute Gasteiger partial charge is 0.303 e. The maximum absolute atomic E-state index is 6.28. The monoisotopic (exact) mass is 325 g/mol. The SMILES string of the molecule is CC(Cl)c1nc2cccnc2n1C(C)c1ccc(Cl)s1. The average molecular weight is 326 g/mol. The van der Waals surface area contributed by atoms with Gasteiger partial charge < -0.3 is 4.57 Å². The van der Waals surface area contributed by atoms with Gasteiger partial charge in [-0.05, 0) is 38.1 Å². The van der Waals surface area contributed by atoms with E-state index < -0.39 is 0 Å². The van der Waals surface area contributed by atoms with Crippen molar-refractivity contribution in [1.29, 1.82) is 0 Å². The Bertz CT molecular complexity index is 748. The highest BCUT2D eigenvalue weighted by Crippen LogP contribution is 2.34. The van der Waals surface area contributed by atoms with Gasteiger partial charge in [0.2, 0.25) is 0 Å². The first-order valence-corrected chi connectivity index (χ1v) is 7.93. The van der Waals surface area contributed by atoms with E-state index >= 15 is 0 Å². The Labute approximate surface area is 131 Å². The smallest absolute Gasteiger partial charge is 0.160 e. The summed E-state index contributed by atoms with van der Waals surface area (Å²) in [5.41, 5.74) is 1.72. The number of rotatable bonds is 3. The van der Waals surface area contributed by atoms with Crippen molar-refractivity contribution in [2.75, 3.05) is 0 Å². The van der Waals surface area contributed by atoms with Gasteiger partial charge in [0.05, 0.1) is 15.8 Å². The molecule has 3 heterocycles. The zero-order valence-corrected chi connectivity index (χ0v) is 13.4. The highest BCUT2D eigenvalue weighted by molar-refractivity contribution is 7.16. The summed E-state index contributed by atoms with van der Waals surface area (Å²) in [6, 6.07) is 7.89. The molecule has 3 aromatic rings. The van der Waals surface area contributed by atoms with Gasteiger partial charge in [0.25, 0.3) is 0 Å². The van der Waals surface area contributed by atoms with E-state index in [9.17, 15) is 0 Å². The molecule has 0 saturated heterocycles. The molecule has 0 bridgehead atoms. The third-order valence-electron chi connectivity index (χ3n) is 3.22. The Balaban J connectivity index is 2.20. The lowest BCUT2D eigenvalue weighted by molar-refractivity contribution is 0.623. The molecule has 20 heavy (non-hydrogen) atoms. The molecule has 0 saturated carbocycles. The van der Waals surface area contributed by atoms with Gasteiger partial charge in [0, 0.05) is 11.1 Å². The van der Waals surface area contributed by atoms with Crippen LogP contribution in [0.3, 0.4) is 0 Å². The number of nitrogens with zero attached hydrogens (tertiary/aromatic N) is 3. The lowest BCUT2D eigenvalue weighted by Gasteiger charge is -2.16. The quantitative estimate of drug-likeness (QED) is 0.630. The summed E-state index contributed by atoms with van der Waals surface area (Å²) >= 11 is 13.9. The third kappa shape index (κ3) is 2.32. The Morgan fingerprint density at radius 1 is 1.25 bits per heavy atom. The van der Waals surface area contributed by atoms with E-state index in [0.717, 1.165) is 21.3 Å². The molecule has 3 aromatic heterocycles. The van der Waals surface area contributed by atoms with Crippen molar-refractivity contribution < 1.29 is 0 Å². The van der Waals surface area contributed by atoms with Gasteiger partial charge in [-0.15, -0.1) is 22.9 Å². The van der Waals surface area contributed by atoms with Crippen molar-refractivity contribution in [2.45, 2.75) is 25.3 Å². The van der Waals surface area contributed by atoms with Crippen LogP contribution in [-0.2, 0) is 0 Å². The van der Waals surface area contributed by atoms with Gasteiger partial charge in [-0.1, -0.05) is 11.6 Å². The van der Waals surface area contributed by atoms with Gasteiger partial charge in [-0.2, -0.15) is 0 Å². The minimum atomic E-state index is -0.179. The first-order chi connectivity index (χ1) is 9.58. The average Bonchev–Trinajstić information content (AvgIpc) is 3.01. The second-order valence-corrected chi connectivity index (χ2v) is 7.02. The predicted molar refractivity (Wildman–Crippen MR) is 84.9 cm³/mol. The molecule has 2 atom stereocenters. The first kappa shape index (κ1) is 13.9. The summed E-state index contributed by atoms with van der Waals surface area (Å²) in [5, 5.41) is -0.179. The van der Waals surface area contributed by atoms with Crippen LogP contribution in [0, 0.1) is 0 Å². The molecule has 0 amide bonds. The van der Waals surface area contributed by atoms with Crippen molar-refractivity contribution in [3.63, 3.8) is 0 Å². The number of aromatic nitrogens is 3. The van der Waals surface area contributed by atoms with Gasteiger partial charge in [0.1, 0.15) is 11.3 Å². The molecule has 0 fully saturated rings. The maximum atomic E-state index is 6.28. The Morgan fingerprint density at radius 3 is 2.70 bits per heavy atom. The minimum Gasteiger partial charge on any atom is -0.303 e. The summed E-state index contributed by atoms with van der Waals surface area (Å²) < 4.78 is 2.87. The molecule has 6 heteroatoms. The van der Waals surface area contributed by atoms with Gasteiger partial charge in [0.15, 0.2) is 5.65 Å². The number of halogens is 2. The molecule has 2 unspecified atom stereocenters. The van der Waals surface area contributed by atoms with Crippen LogP contribution in [0.2, 0.25) is 4.34 Å². The van der Waals surface area contributed by atoms with Crippen LogP contribution < -0.4 is 0 Å². The van der Waals surface area contributed by atoms with Crippen LogP contribution in [0.5, 0.6) is 0 Å². The number of fused-ring (bicyclic) bond motifs is 1. The van der Waals surface area contributed by atoms with Crippen molar-refractivity contribution in [3.8, 4) is 0 Å². The van der Waals surface area contributed by atoms with E-state index in [1.54, 1.807) is 17.5 Å². The van der Waals surface area contributed by atoms with E-state index in [1.807, 2.05) is 31.2 Å². The standard InChI is InChI=1S/C14H13Cl2N3S/c1-8(15)13-18-10-4-3-7-17-14(10)19(13)9(2)11-5-6-12(16)20-11/h3-9H,1-2H3.